The Labute approximate surface area is 317 Å². The minimum atomic E-state index is -0.146. The largest absolute Gasteiger partial charge is 0.0616 e. The van der Waals surface area contributed by atoms with Gasteiger partial charge in [0.05, 0.1) is 0 Å². The molecule has 2 aliphatic rings. The van der Waals surface area contributed by atoms with Crippen LogP contribution >= 0.6 is 0 Å². The van der Waals surface area contributed by atoms with Crippen molar-refractivity contribution in [3.05, 3.63) is 192 Å². The Morgan fingerprint density at radius 2 is 0.648 bits per heavy atom. The smallest absolute Gasteiger partial charge is 0.0165 e. The second kappa shape index (κ2) is 11.1. The molecule has 0 heterocycles. The summed E-state index contributed by atoms with van der Waals surface area (Å²) in [6, 6.07) is 63.9. The first-order valence-corrected chi connectivity index (χ1v) is 19.2. The maximum atomic E-state index is 2.47. The molecule has 0 unspecified atom stereocenters. The molecule has 0 fully saturated rings. The van der Waals surface area contributed by atoms with Crippen molar-refractivity contribution in [2.24, 2.45) is 0 Å². The van der Waals surface area contributed by atoms with E-state index in [9.17, 15) is 0 Å². The molecule has 0 spiro atoms. The van der Waals surface area contributed by atoms with Crippen LogP contribution in [0.5, 0.6) is 0 Å². The molecule has 0 radical (unpaired) electrons. The fourth-order valence-corrected chi connectivity index (χ4v) is 9.83. The Morgan fingerprint density at radius 1 is 0.278 bits per heavy atom. The molecule has 256 valence electrons. The van der Waals surface area contributed by atoms with E-state index in [-0.39, 0.29) is 10.8 Å². The average Bonchev–Trinajstić information content (AvgIpc) is 3.58. The third-order valence-corrected chi connectivity index (χ3v) is 12.8. The molecule has 54 heavy (non-hydrogen) atoms. The van der Waals surface area contributed by atoms with Crippen molar-refractivity contribution >= 4 is 32.3 Å². The molecular weight excluding hydrogens is 649 g/mol. The molecule has 11 rings (SSSR count). The molecule has 0 saturated heterocycles. The van der Waals surface area contributed by atoms with Gasteiger partial charge in [0.1, 0.15) is 0 Å². The maximum Gasteiger partial charge on any atom is 0.0165 e. The van der Waals surface area contributed by atoms with Crippen molar-refractivity contribution < 1.29 is 0 Å². The fourth-order valence-electron chi connectivity index (χ4n) is 9.83. The van der Waals surface area contributed by atoms with Gasteiger partial charge in [-0.15, -0.1) is 0 Å². The summed E-state index contributed by atoms with van der Waals surface area (Å²) >= 11 is 0. The minimum absolute atomic E-state index is 0.0954. The summed E-state index contributed by atoms with van der Waals surface area (Å²) in [5, 5.41) is 7.64. The van der Waals surface area contributed by atoms with Gasteiger partial charge in [0.15, 0.2) is 0 Å². The Kier molecular flexibility index (Phi) is 6.46. The molecule has 0 saturated carbocycles. The molecule has 0 bridgehead atoms. The highest BCUT2D eigenvalue weighted by Crippen LogP contribution is 2.59. The van der Waals surface area contributed by atoms with Crippen LogP contribution in [0.1, 0.15) is 49.9 Å². The Hall–Kier alpha value is -6.24. The summed E-state index contributed by atoms with van der Waals surface area (Å²) in [6.45, 7) is 9.69. The van der Waals surface area contributed by atoms with Crippen LogP contribution in [0.25, 0.3) is 88.0 Å². The molecule has 0 aromatic heterocycles. The van der Waals surface area contributed by atoms with Gasteiger partial charge in [-0.25, -0.2) is 0 Å². The van der Waals surface area contributed by atoms with Crippen LogP contribution in [-0.2, 0) is 10.8 Å². The van der Waals surface area contributed by atoms with E-state index in [1.807, 2.05) is 0 Å². The summed E-state index contributed by atoms with van der Waals surface area (Å²) in [4.78, 5) is 0. The van der Waals surface area contributed by atoms with Gasteiger partial charge in [-0.2, -0.15) is 0 Å². The molecule has 0 aliphatic heterocycles. The van der Waals surface area contributed by atoms with Gasteiger partial charge in [0, 0.05) is 10.8 Å². The highest BCUT2D eigenvalue weighted by molar-refractivity contribution is 5.97. The maximum absolute atomic E-state index is 2.47. The van der Waals surface area contributed by atoms with E-state index in [4.69, 9.17) is 0 Å². The first-order valence-electron chi connectivity index (χ1n) is 19.2. The van der Waals surface area contributed by atoms with Gasteiger partial charge in [0.25, 0.3) is 0 Å². The van der Waals surface area contributed by atoms with Gasteiger partial charge < -0.3 is 0 Å². The molecule has 9 aromatic rings. The summed E-state index contributed by atoms with van der Waals surface area (Å²) in [5.41, 5.74) is 18.6. The summed E-state index contributed by atoms with van der Waals surface area (Å²) in [6.07, 6.45) is 0. The number of benzene rings is 9. The fraction of sp³-hybridized carbons (Fsp3) is 0.111. The quantitative estimate of drug-likeness (QED) is 0.173. The van der Waals surface area contributed by atoms with Crippen LogP contribution in [0.2, 0.25) is 0 Å². The first kappa shape index (κ1) is 31.3. The molecule has 2 aliphatic carbocycles. The highest BCUT2D eigenvalue weighted by atomic mass is 14.5. The van der Waals surface area contributed by atoms with Crippen LogP contribution in [-0.4, -0.2) is 0 Å². The van der Waals surface area contributed by atoms with Gasteiger partial charge in [-0.3, -0.25) is 0 Å². The Morgan fingerprint density at radius 3 is 1.17 bits per heavy atom. The minimum Gasteiger partial charge on any atom is -0.0616 e. The Balaban J connectivity index is 0.964. The first-order chi connectivity index (χ1) is 26.2. The average molecular weight is 689 g/mol. The highest BCUT2D eigenvalue weighted by Gasteiger charge is 2.44. The van der Waals surface area contributed by atoms with Crippen LogP contribution in [0.3, 0.4) is 0 Å². The van der Waals surface area contributed by atoms with E-state index in [0.717, 1.165) is 0 Å². The SMILES string of the molecule is CC1(C)c2cc(-c3ccc4ccccc4c3)ccc2-c2c1ccc1c2C(C)(C)c2cc(-c3ccc4cc(-c5ccc6ccccc6c5)ccc4c3)ccc2-1. The molecule has 0 atom stereocenters. The number of fused-ring (bicyclic) bond motifs is 10. The van der Waals surface area contributed by atoms with Gasteiger partial charge in [-0.05, 0) is 147 Å². The lowest BCUT2D eigenvalue weighted by molar-refractivity contribution is 0.648. The van der Waals surface area contributed by atoms with Crippen LogP contribution in [0, 0.1) is 0 Å². The van der Waals surface area contributed by atoms with Crippen molar-refractivity contribution in [2.45, 2.75) is 38.5 Å². The van der Waals surface area contributed by atoms with Crippen molar-refractivity contribution in [3.63, 3.8) is 0 Å². The van der Waals surface area contributed by atoms with E-state index in [0.29, 0.717) is 0 Å². The van der Waals surface area contributed by atoms with Crippen LogP contribution < -0.4 is 0 Å². The lowest BCUT2D eigenvalue weighted by Gasteiger charge is -2.26. The zero-order valence-electron chi connectivity index (χ0n) is 31.2. The molecule has 0 N–H and O–H groups in total. The Bertz CT molecular complexity index is 3040. The summed E-state index contributed by atoms with van der Waals surface area (Å²) in [7, 11) is 0. The topological polar surface area (TPSA) is 0 Å². The van der Waals surface area contributed by atoms with Crippen molar-refractivity contribution in [3.8, 4) is 55.6 Å². The van der Waals surface area contributed by atoms with E-state index in [1.165, 1.54) is 110 Å². The van der Waals surface area contributed by atoms with Crippen molar-refractivity contribution in [2.75, 3.05) is 0 Å². The van der Waals surface area contributed by atoms with Crippen molar-refractivity contribution in [1.29, 1.82) is 0 Å². The third kappa shape index (κ3) is 4.50. The predicted molar refractivity (Wildman–Crippen MR) is 230 cm³/mol. The molecular formula is C54H40. The normalized spacial score (nSPS) is 14.6. The van der Waals surface area contributed by atoms with Gasteiger partial charge in [-0.1, -0.05) is 161 Å². The third-order valence-electron chi connectivity index (χ3n) is 12.8. The number of hydrogen-bond donors (Lipinski definition) is 0. The van der Waals surface area contributed by atoms with E-state index in [2.05, 4.69) is 198 Å². The number of hydrogen-bond acceptors (Lipinski definition) is 0. The number of rotatable bonds is 3. The van der Waals surface area contributed by atoms with Gasteiger partial charge in [0.2, 0.25) is 0 Å². The zero-order valence-corrected chi connectivity index (χ0v) is 31.2. The monoisotopic (exact) mass is 688 g/mol. The molecule has 0 nitrogen and oxygen atoms in total. The van der Waals surface area contributed by atoms with E-state index < -0.39 is 0 Å². The lowest BCUT2D eigenvalue weighted by Crippen LogP contribution is -2.18. The zero-order chi connectivity index (χ0) is 36.3. The molecule has 9 aromatic carbocycles. The second-order valence-corrected chi connectivity index (χ2v) is 16.6. The van der Waals surface area contributed by atoms with Gasteiger partial charge >= 0.3 is 0 Å². The van der Waals surface area contributed by atoms with E-state index >= 15 is 0 Å². The summed E-state index contributed by atoms with van der Waals surface area (Å²) in [5.74, 6) is 0. The standard InChI is InChI=1S/C54H40/c1-53(2)48-26-25-46-45-23-21-43(42-20-19-39-29-38(17-18-40(39)30-42)37-15-13-33-9-5-7-11-35(33)27-37)31-49(45)54(3,4)52(46)51(48)47-24-22-44(32-50(47)53)41-16-14-34-10-6-8-12-36(34)28-41/h5-32H,1-4H3. The summed E-state index contributed by atoms with van der Waals surface area (Å²) < 4.78 is 0. The molecule has 0 amide bonds. The predicted octanol–water partition coefficient (Wildman–Crippen LogP) is 14.8. The van der Waals surface area contributed by atoms with E-state index in [1.54, 1.807) is 0 Å². The van der Waals surface area contributed by atoms with Crippen molar-refractivity contribution in [1.82, 2.24) is 0 Å². The van der Waals surface area contributed by atoms with Crippen LogP contribution in [0.15, 0.2) is 170 Å². The lowest BCUT2D eigenvalue weighted by atomic mass is 9.77. The second-order valence-electron chi connectivity index (χ2n) is 16.6. The van der Waals surface area contributed by atoms with Crippen LogP contribution in [0.4, 0.5) is 0 Å². The molecule has 0 heteroatoms.